The van der Waals surface area contributed by atoms with Gasteiger partial charge in [0.05, 0.1) is 12.2 Å². The van der Waals surface area contributed by atoms with Gasteiger partial charge in [-0.15, -0.1) is 0 Å². The average molecular weight is 547 g/mol. The van der Waals surface area contributed by atoms with Crippen LogP contribution in [0.4, 0.5) is 0 Å². The molecule has 0 aromatic carbocycles. The summed E-state index contributed by atoms with van der Waals surface area (Å²) in [6, 6.07) is 0. The fourth-order valence-corrected chi connectivity index (χ4v) is 6.38. The lowest BCUT2D eigenvalue weighted by Gasteiger charge is -2.25. The van der Waals surface area contributed by atoms with Gasteiger partial charge in [-0.05, 0) is 25.7 Å². The predicted molar refractivity (Wildman–Crippen MR) is 162 cm³/mol. The van der Waals surface area contributed by atoms with Gasteiger partial charge in [-0.3, -0.25) is 9.05 Å². The van der Waals surface area contributed by atoms with E-state index < -0.39 is 7.82 Å². The SMILES string of the molecule is CCCCCCCCC(CCCCCCC)OP(=O)(O)OC(CCCCCCC)CCCCCCCC. The van der Waals surface area contributed by atoms with Crippen LogP contribution in [0, 0.1) is 0 Å². The third-order valence-corrected chi connectivity index (χ3v) is 8.71. The zero-order valence-corrected chi connectivity index (χ0v) is 26.6. The molecule has 0 fully saturated rings. The summed E-state index contributed by atoms with van der Waals surface area (Å²) in [4.78, 5) is 10.8. The summed E-state index contributed by atoms with van der Waals surface area (Å²) < 4.78 is 25.0. The predicted octanol–water partition coefficient (Wildman–Crippen LogP) is 12.1. The average Bonchev–Trinajstić information content (AvgIpc) is 2.87. The smallest absolute Gasteiger partial charge is 0.302 e. The van der Waals surface area contributed by atoms with E-state index in [9.17, 15) is 9.46 Å². The molecule has 0 heterocycles. The second-order valence-corrected chi connectivity index (χ2v) is 12.8. The molecule has 0 aliphatic rings. The molecular weight excluding hydrogens is 479 g/mol. The molecule has 0 aromatic heterocycles. The zero-order valence-electron chi connectivity index (χ0n) is 25.7. The first-order valence-electron chi connectivity index (χ1n) is 16.7. The van der Waals surface area contributed by atoms with Gasteiger partial charge in [0.1, 0.15) is 0 Å². The maximum Gasteiger partial charge on any atom is 0.472 e. The third-order valence-electron chi connectivity index (χ3n) is 7.58. The molecule has 0 saturated heterocycles. The van der Waals surface area contributed by atoms with E-state index in [0.29, 0.717) is 0 Å². The van der Waals surface area contributed by atoms with Crippen molar-refractivity contribution in [3.05, 3.63) is 0 Å². The van der Waals surface area contributed by atoms with Crippen LogP contribution in [-0.2, 0) is 13.6 Å². The lowest BCUT2D eigenvalue weighted by atomic mass is 10.0. The fourth-order valence-electron chi connectivity index (χ4n) is 5.16. The Labute approximate surface area is 233 Å². The first-order valence-corrected chi connectivity index (χ1v) is 18.2. The van der Waals surface area contributed by atoms with Crippen molar-refractivity contribution in [2.45, 2.75) is 207 Å². The van der Waals surface area contributed by atoms with Gasteiger partial charge in [0, 0.05) is 0 Å². The topological polar surface area (TPSA) is 55.8 Å². The Kier molecular flexibility index (Phi) is 27.8. The lowest BCUT2D eigenvalue weighted by Crippen LogP contribution is -2.17. The van der Waals surface area contributed by atoms with Crippen molar-refractivity contribution in [1.29, 1.82) is 0 Å². The second-order valence-electron chi connectivity index (χ2n) is 11.4. The molecule has 0 aliphatic heterocycles. The van der Waals surface area contributed by atoms with Crippen LogP contribution in [-0.4, -0.2) is 17.1 Å². The van der Waals surface area contributed by atoms with Crippen LogP contribution in [0.5, 0.6) is 0 Å². The summed E-state index contributed by atoms with van der Waals surface area (Å²) in [6.07, 6.45) is 29.8. The van der Waals surface area contributed by atoms with Gasteiger partial charge in [0.25, 0.3) is 0 Å². The summed E-state index contributed by atoms with van der Waals surface area (Å²) >= 11 is 0. The highest BCUT2D eigenvalue weighted by atomic mass is 31.2. The highest BCUT2D eigenvalue weighted by Crippen LogP contribution is 2.48. The van der Waals surface area contributed by atoms with Gasteiger partial charge in [0.2, 0.25) is 0 Å². The minimum Gasteiger partial charge on any atom is -0.302 e. The van der Waals surface area contributed by atoms with E-state index in [1.165, 1.54) is 116 Å². The van der Waals surface area contributed by atoms with Gasteiger partial charge in [-0.25, -0.2) is 4.57 Å². The molecule has 5 heteroatoms. The van der Waals surface area contributed by atoms with Gasteiger partial charge < -0.3 is 4.89 Å². The summed E-state index contributed by atoms with van der Waals surface area (Å²) in [5.41, 5.74) is 0. The minimum absolute atomic E-state index is 0.164. The quantitative estimate of drug-likeness (QED) is 0.0719. The Morgan fingerprint density at radius 3 is 0.892 bits per heavy atom. The van der Waals surface area contributed by atoms with E-state index >= 15 is 0 Å². The Bertz CT molecular complexity index is 459. The summed E-state index contributed by atoms with van der Waals surface area (Å²) in [6.45, 7) is 8.95. The van der Waals surface area contributed by atoms with E-state index in [1.807, 2.05) is 0 Å². The summed E-state index contributed by atoms with van der Waals surface area (Å²) in [5, 5.41) is 0. The molecule has 2 atom stereocenters. The van der Waals surface area contributed by atoms with Crippen molar-refractivity contribution in [3.8, 4) is 0 Å². The van der Waals surface area contributed by atoms with E-state index in [0.717, 1.165) is 51.4 Å². The number of phosphoric ester groups is 1. The molecule has 1 N–H and O–H groups in total. The van der Waals surface area contributed by atoms with Crippen LogP contribution < -0.4 is 0 Å². The normalized spacial score (nSPS) is 15.1. The molecule has 2 unspecified atom stereocenters. The van der Waals surface area contributed by atoms with E-state index in [4.69, 9.17) is 9.05 Å². The number of unbranched alkanes of at least 4 members (excludes halogenated alkanes) is 18. The van der Waals surface area contributed by atoms with Gasteiger partial charge in [-0.1, -0.05) is 169 Å². The lowest BCUT2D eigenvalue weighted by molar-refractivity contribution is 0.0575. The Hall–Kier alpha value is 0.110. The first kappa shape index (κ1) is 37.1. The van der Waals surface area contributed by atoms with Gasteiger partial charge in [0.15, 0.2) is 0 Å². The second kappa shape index (κ2) is 27.7. The van der Waals surface area contributed by atoms with Crippen molar-refractivity contribution in [2.75, 3.05) is 0 Å². The van der Waals surface area contributed by atoms with Gasteiger partial charge in [-0.2, -0.15) is 0 Å². The third kappa shape index (κ3) is 26.1. The molecular formula is C32H67O4P. The highest BCUT2D eigenvalue weighted by molar-refractivity contribution is 7.47. The number of rotatable bonds is 30. The van der Waals surface area contributed by atoms with Crippen molar-refractivity contribution in [1.82, 2.24) is 0 Å². The number of phosphoric acid groups is 1. The Balaban J connectivity index is 4.81. The molecule has 0 aliphatic carbocycles. The van der Waals surface area contributed by atoms with Crippen LogP contribution >= 0.6 is 7.82 Å². The fraction of sp³-hybridized carbons (Fsp3) is 1.00. The van der Waals surface area contributed by atoms with E-state index in [1.54, 1.807) is 0 Å². The molecule has 4 nitrogen and oxygen atoms in total. The maximum absolute atomic E-state index is 13.2. The van der Waals surface area contributed by atoms with Crippen molar-refractivity contribution in [2.24, 2.45) is 0 Å². The highest BCUT2D eigenvalue weighted by Gasteiger charge is 2.30. The standard InChI is InChI=1S/C32H67O4P/c1-5-9-13-17-21-25-29-31(27-23-19-15-11-7-3)35-37(33,34)36-32(28-24-20-16-12-8-4)30-26-22-18-14-10-6-2/h31-32H,5-30H2,1-4H3,(H,33,34). The minimum atomic E-state index is -4.06. The van der Waals surface area contributed by atoms with Crippen LogP contribution in [0.15, 0.2) is 0 Å². The molecule has 0 bridgehead atoms. The number of hydrogen-bond donors (Lipinski definition) is 1. The van der Waals surface area contributed by atoms with E-state index in [-0.39, 0.29) is 12.2 Å². The molecule has 0 aromatic rings. The largest absolute Gasteiger partial charge is 0.472 e. The number of hydrogen-bond acceptors (Lipinski definition) is 3. The Morgan fingerprint density at radius 2 is 0.649 bits per heavy atom. The van der Waals surface area contributed by atoms with Crippen LogP contribution in [0.1, 0.15) is 195 Å². The molecule has 0 radical (unpaired) electrons. The van der Waals surface area contributed by atoms with E-state index in [2.05, 4.69) is 27.7 Å². The zero-order chi connectivity index (χ0) is 27.5. The van der Waals surface area contributed by atoms with Crippen LogP contribution in [0.2, 0.25) is 0 Å². The molecule has 0 rings (SSSR count). The van der Waals surface area contributed by atoms with Crippen molar-refractivity contribution < 1.29 is 18.5 Å². The van der Waals surface area contributed by atoms with Crippen LogP contribution in [0.25, 0.3) is 0 Å². The first-order chi connectivity index (χ1) is 18.0. The monoisotopic (exact) mass is 546 g/mol. The molecule has 0 spiro atoms. The summed E-state index contributed by atoms with van der Waals surface area (Å²) in [7, 11) is -4.06. The van der Waals surface area contributed by atoms with Crippen molar-refractivity contribution in [3.63, 3.8) is 0 Å². The maximum atomic E-state index is 13.2. The van der Waals surface area contributed by atoms with Crippen LogP contribution in [0.3, 0.4) is 0 Å². The van der Waals surface area contributed by atoms with Gasteiger partial charge >= 0.3 is 7.82 Å². The molecule has 224 valence electrons. The Morgan fingerprint density at radius 1 is 0.432 bits per heavy atom. The van der Waals surface area contributed by atoms with Crippen molar-refractivity contribution >= 4 is 7.82 Å². The molecule has 37 heavy (non-hydrogen) atoms. The molecule has 0 saturated carbocycles. The summed E-state index contributed by atoms with van der Waals surface area (Å²) in [5.74, 6) is 0. The molecule has 0 amide bonds.